The van der Waals surface area contributed by atoms with Crippen LogP contribution in [0.15, 0.2) is 0 Å². The Morgan fingerprint density at radius 2 is 0.822 bits per heavy atom. The molecule has 0 aliphatic heterocycles. The second kappa shape index (κ2) is 38.4. The van der Waals surface area contributed by atoms with Crippen LogP contribution in [0.2, 0.25) is 0 Å². The molecule has 0 fully saturated rings. The molecule has 2 N–H and O–H groups in total. The summed E-state index contributed by atoms with van der Waals surface area (Å²) in [6, 6.07) is -1.02. The number of hydrogen-bond acceptors (Lipinski definition) is 5. The molecule has 0 aromatic rings. The number of esters is 2. The molecule has 0 aromatic carbocycles. The summed E-state index contributed by atoms with van der Waals surface area (Å²) in [7, 11) is 0. The molecule has 0 amide bonds. The van der Waals surface area contributed by atoms with Gasteiger partial charge in [0.2, 0.25) is 0 Å². The molecule has 0 aliphatic rings. The number of rotatable bonds is 30. The Bertz CT molecular complexity index is 588. The van der Waals surface area contributed by atoms with E-state index in [1.54, 1.807) is 13.8 Å². The molecule has 0 aliphatic carbocycles. The number of nitrogens with one attached hydrogen (secondary N) is 1. The number of ether oxygens (including phenoxy) is 2. The van der Waals surface area contributed by atoms with E-state index < -0.39 is 12.0 Å². The zero-order valence-electron chi connectivity index (χ0n) is 30.9. The summed E-state index contributed by atoms with van der Waals surface area (Å²) >= 11 is 0. The van der Waals surface area contributed by atoms with Crippen molar-refractivity contribution in [2.45, 2.75) is 233 Å². The van der Waals surface area contributed by atoms with E-state index in [4.69, 9.17) is 20.3 Å². The summed E-state index contributed by atoms with van der Waals surface area (Å²) in [5.41, 5.74) is 8.35. The molecule has 7 heteroatoms. The van der Waals surface area contributed by atoms with Crippen LogP contribution >= 0.6 is 0 Å². The van der Waals surface area contributed by atoms with E-state index in [1.165, 1.54) is 103 Å². The van der Waals surface area contributed by atoms with Crippen LogP contribution < -0.4 is 0 Å². The number of hydrogen-bond donors (Lipinski definition) is 1. The summed E-state index contributed by atoms with van der Waals surface area (Å²) in [6.07, 6.45) is 27.6. The van der Waals surface area contributed by atoms with Crippen molar-refractivity contribution in [2.75, 3.05) is 0 Å². The van der Waals surface area contributed by atoms with Crippen molar-refractivity contribution in [1.82, 2.24) is 0 Å². The van der Waals surface area contributed by atoms with E-state index in [1.807, 2.05) is 0 Å². The Morgan fingerprint density at radius 1 is 0.533 bits per heavy atom. The van der Waals surface area contributed by atoms with E-state index in [2.05, 4.69) is 27.7 Å². The van der Waals surface area contributed by atoms with Crippen molar-refractivity contribution >= 4 is 11.9 Å². The van der Waals surface area contributed by atoms with Gasteiger partial charge in [0.15, 0.2) is 0 Å². The summed E-state index contributed by atoms with van der Waals surface area (Å²) < 4.78 is 11.7. The van der Waals surface area contributed by atoms with E-state index >= 15 is 0 Å². The predicted octanol–water partition coefficient (Wildman–Crippen LogP) is 11.8. The van der Waals surface area contributed by atoms with Gasteiger partial charge in [-0.3, -0.25) is 9.59 Å². The number of carbonyl (C=O) groups excluding carboxylic acids is 2. The molecule has 0 bridgehead atoms. The van der Waals surface area contributed by atoms with Crippen LogP contribution in [0.4, 0.5) is 0 Å². The third-order valence-electron chi connectivity index (χ3n) is 8.02. The van der Waals surface area contributed by atoms with E-state index in [0.29, 0.717) is 0 Å². The van der Waals surface area contributed by atoms with Gasteiger partial charge in [0.25, 0.3) is 5.97 Å². The quantitative estimate of drug-likeness (QED) is 0.0590. The fraction of sp³-hybridized carbons (Fsp3) is 0.947. The van der Waals surface area contributed by atoms with Gasteiger partial charge in [-0.1, -0.05) is 130 Å². The van der Waals surface area contributed by atoms with Crippen LogP contribution in [-0.2, 0) is 51.8 Å². The minimum atomic E-state index is -1.02. The Kier molecular flexibility index (Phi) is 42.1. The number of aliphatic hydroxyl groups excluding tert-OH is 1. The smallest absolute Gasteiger partial charge is 0.306 e. The second-order valence-corrected chi connectivity index (χ2v) is 13.2. The Balaban J connectivity index is -0.00000331. The molecule has 1 radical (unpaired) electrons. The van der Waals surface area contributed by atoms with Crippen molar-refractivity contribution in [1.29, 1.82) is 0 Å². The molecule has 0 aromatic heterocycles. The first-order chi connectivity index (χ1) is 21.2. The molecule has 45 heavy (non-hydrogen) atoms. The van der Waals surface area contributed by atoms with Gasteiger partial charge in [-0.15, -0.1) is 0 Å². The van der Waals surface area contributed by atoms with Gasteiger partial charge in [-0.05, 0) is 77.7 Å². The first-order valence-corrected chi connectivity index (χ1v) is 19.0. The molecule has 0 rings (SSSR count). The van der Waals surface area contributed by atoms with Crippen molar-refractivity contribution in [3.8, 4) is 0 Å². The van der Waals surface area contributed by atoms with Gasteiger partial charge in [-0.2, -0.15) is 0 Å². The van der Waals surface area contributed by atoms with Crippen molar-refractivity contribution in [3.05, 3.63) is 5.73 Å². The molecular weight excluding hydrogens is 639 g/mol. The van der Waals surface area contributed by atoms with Gasteiger partial charge in [0, 0.05) is 45.2 Å². The van der Waals surface area contributed by atoms with Crippen LogP contribution in [0.25, 0.3) is 5.73 Å². The molecule has 6 nitrogen and oxygen atoms in total. The second-order valence-electron chi connectivity index (χ2n) is 13.2. The average molecular weight is 716 g/mol. The predicted molar refractivity (Wildman–Crippen MR) is 188 cm³/mol. The van der Waals surface area contributed by atoms with Gasteiger partial charge >= 0.3 is 5.97 Å². The zero-order chi connectivity index (χ0) is 33.3. The molecule has 267 valence electrons. The monoisotopic (exact) mass is 715 g/mol. The first-order valence-electron chi connectivity index (χ1n) is 19.0. The summed E-state index contributed by atoms with van der Waals surface area (Å²) in [5, 5.41) is 8.06. The minimum Gasteiger partial charge on any atom is -0.665 e. The Hall–Kier alpha value is -0.0361. The van der Waals surface area contributed by atoms with Crippen LogP contribution in [0, 0.1) is 0 Å². The summed E-state index contributed by atoms with van der Waals surface area (Å²) in [5.74, 6) is -0.733. The maximum Gasteiger partial charge on any atom is 0.306 e. The molecule has 0 unspecified atom stereocenters. The number of aliphatic hydroxyl groups is 1. The molecular formula is C38H76NO5Y-. The maximum absolute atomic E-state index is 12.8. The van der Waals surface area contributed by atoms with Gasteiger partial charge in [0.05, 0.1) is 0 Å². The maximum atomic E-state index is 12.8. The fourth-order valence-corrected chi connectivity index (χ4v) is 5.30. The topological polar surface area (TPSA) is 96.6 Å². The number of unbranched alkanes of at least 4 members (excludes halogenated alkanes) is 16. The summed E-state index contributed by atoms with van der Waals surface area (Å²) in [6.45, 7) is 12.3. The van der Waals surface area contributed by atoms with Gasteiger partial charge in [-0.25, -0.2) is 0 Å². The zero-order valence-corrected chi connectivity index (χ0v) is 33.7. The van der Waals surface area contributed by atoms with Crippen LogP contribution in [0.5, 0.6) is 0 Å². The Labute approximate surface area is 305 Å². The van der Waals surface area contributed by atoms with E-state index in [9.17, 15) is 9.59 Å². The van der Waals surface area contributed by atoms with Gasteiger partial charge < -0.3 is 20.3 Å². The molecule has 0 spiro atoms. The normalized spacial score (nSPS) is 11.7. The van der Waals surface area contributed by atoms with Crippen LogP contribution in [0.1, 0.15) is 208 Å². The molecule has 0 heterocycles. The van der Waals surface area contributed by atoms with Crippen molar-refractivity contribution < 1.29 is 56.9 Å². The van der Waals surface area contributed by atoms with E-state index in [0.717, 1.165) is 51.4 Å². The van der Waals surface area contributed by atoms with Crippen LogP contribution in [0.3, 0.4) is 0 Å². The molecule has 0 saturated carbocycles. The minimum absolute atomic E-state index is 0. The molecule has 0 saturated heterocycles. The first kappa shape index (κ1) is 49.4. The third kappa shape index (κ3) is 38.3. The van der Waals surface area contributed by atoms with Crippen molar-refractivity contribution in [3.63, 3.8) is 0 Å². The third-order valence-corrected chi connectivity index (χ3v) is 8.02. The SMILES string of the molecule is CC(C)O.CCCCCCCC(CCCCCCC)OC(=O)CC[C@H]([NH-])C(=O)OC(CCCCCCC)CCCCCCC.[Y]. The standard InChI is InChI=1S/C35H68NO4.C3H8O.Y/c1-5-9-13-17-21-25-31(26-22-18-14-10-6-2)39-34(37)30-29-33(36)35(38)40-32(27-23-19-15-11-7-3)28-24-20-16-12-8-4;1-3(2)4;/h31-33,36H,5-30H2,1-4H3;3-4H,1-2H3;/q-1;;/t33-;;/m0../s1. The van der Waals surface area contributed by atoms with Gasteiger partial charge in [0.1, 0.15) is 12.2 Å². The van der Waals surface area contributed by atoms with Crippen molar-refractivity contribution in [2.24, 2.45) is 0 Å². The summed E-state index contributed by atoms with van der Waals surface area (Å²) in [4.78, 5) is 25.4. The van der Waals surface area contributed by atoms with Crippen LogP contribution in [-0.4, -0.2) is 41.4 Å². The van der Waals surface area contributed by atoms with E-state index in [-0.39, 0.29) is 69.8 Å². The average Bonchev–Trinajstić information content (AvgIpc) is 2.98. The largest absolute Gasteiger partial charge is 0.665 e. The fourth-order valence-electron chi connectivity index (χ4n) is 5.30. The molecule has 1 atom stereocenters. The number of carbonyl (C=O) groups is 2. The Morgan fingerprint density at radius 3 is 1.13 bits per heavy atom.